The van der Waals surface area contributed by atoms with Gasteiger partial charge in [-0.15, -0.1) is 6.58 Å². The van der Waals surface area contributed by atoms with E-state index >= 15 is 0 Å². The third-order valence-corrected chi connectivity index (χ3v) is 0.167. The molecule has 0 spiro atoms. The molecule has 6 N–H and O–H groups in total. The lowest BCUT2D eigenvalue weighted by molar-refractivity contribution is 0.374. The molecular weight excluding hydrogens is 143 g/mol. The van der Waals surface area contributed by atoms with Crippen molar-refractivity contribution in [3.63, 3.8) is 0 Å². The van der Waals surface area contributed by atoms with Crippen molar-refractivity contribution in [2.24, 2.45) is 11.2 Å². The van der Waals surface area contributed by atoms with Crippen LogP contribution in [-0.4, -0.2) is 16.3 Å². The molecule has 0 aliphatic carbocycles. The van der Waals surface area contributed by atoms with Crippen molar-refractivity contribution in [3.8, 4) is 0 Å². The van der Waals surface area contributed by atoms with Gasteiger partial charge in [-0.25, -0.2) is 10.1 Å². The Morgan fingerprint density at radius 3 is 1.78 bits per heavy atom. The fraction of sp³-hybridized carbons (Fsp3) is 0.333. The molecule has 0 aromatic heterocycles. The summed E-state index contributed by atoms with van der Waals surface area (Å²) in [6.45, 7) is 3.94. The van der Waals surface area contributed by atoms with Crippen LogP contribution in [0.25, 0.3) is 0 Å². The maximum Gasteiger partial charge on any atom is 0.397 e. The molecule has 0 saturated heterocycles. The van der Waals surface area contributed by atoms with Gasteiger partial charge >= 0.3 is 7.75 Å². The largest absolute Gasteiger partial charge is 0.397 e. The van der Waals surface area contributed by atoms with Crippen LogP contribution in [0.15, 0.2) is 12.7 Å². The lowest BCUT2D eigenvalue weighted by Gasteiger charge is -1.84. The van der Waals surface area contributed by atoms with Crippen molar-refractivity contribution >= 4 is 7.75 Å². The Balaban J connectivity index is 0. The third kappa shape index (κ3) is 402. The molecule has 0 rings (SSSR count). The Morgan fingerprint density at radius 2 is 1.78 bits per heavy atom. The van der Waals surface area contributed by atoms with E-state index < -0.39 is 7.75 Å². The van der Waals surface area contributed by atoms with E-state index in [0.29, 0.717) is 6.54 Å². The van der Waals surface area contributed by atoms with Gasteiger partial charge in [0, 0.05) is 6.54 Å². The van der Waals surface area contributed by atoms with Gasteiger partial charge in [-0.2, -0.15) is 0 Å². The number of hydrogen-bond acceptors (Lipinski definition) is 2. The molecule has 0 fully saturated rings. The highest BCUT2D eigenvalue weighted by Gasteiger charge is 1.96. The van der Waals surface area contributed by atoms with Gasteiger partial charge in [0.1, 0.15) is 0 Å². The average Bonchev–Trinajstić information content (AvgIpc) is 1.61. The summed E-state index contributed by atoms with van der Waals surface area (Å²) in [5, 5.41) is 0. The van der Waals surface area contributed by atoms with E-state index in [0.717, 1.165) is 0 Å². The van der Waals surface area contributed by atoms with Crippen molar-refractivity contribution in [3.05, 3.63) is 12.7 Å². The van der Waals surface area contributed by atoms with Crippen molar-refractivity contribution < 1.29 is 14.4 Å². The lowest BCUT2D eigenvalue weighted by Crippen LogP contribution is -1.90. The second-order valence-electron chi connectivity index (χ2n) is 1.11. The van der Waals surface area contributed by atoms with Gasteiger partial charge in [0.15, 0.2) is 0 Å². The van der Waals surface area contributed by atoms with Gasteiger partial charge in [0.05, 0.1) is 0 Å². The monoisotopic (exact) mass is 154 g/mol. The molecule has 0 radical (unpaired) electrons. The molecule has 0 heterocycles. The predicted octanol–water partition coefficient (Wildman–Crippen LogP) is -0.831. The summed E-state index contributed by atoms with van der Waals surface area (Å²) >= 11 is 0. The number of rotatable bonds is 1. The minimum absolute atomic E-state index is 0.583. The second kappa shape index (κ2) is 5.94. The minimum atomic E-state index is -4.14. The molecular formula is C3H11N2O3P. The summed E-state index contributed by atoms with van der Waals surface area (Å²) in [5.74, 6) is 0. The fourth-order valence-electron chi connectivity index (χ4n) is 0. The van der Waals surface area contributed by atoms with Crippen molar-refractivity contribution in [2.45, 2.75) is 0 Å². The highest BCUT2D eigenvalue weighted by Crippen LogP contribution is 2.20. The highest BCUT2D eigenvalue weighted by molar-refractivity contribution is 7.49. The van der Waals surface area contributed by atoms with Crippen molar-refractivity contribution in [1.82, 2.24) is 0 Å². The minimum Gasteiger partial charge on any atom is -0.327 e. The fourth-order valence-corrected chi connectivity index (χ4v) is 0. The summed E-state index contributed by atoms with van der Waals surface area (Å²) < 4.78 is 9.10. The zero-order valence-corrected chi connectivity index (χ0v) is 5.79. The van der Waals surface area contributed by atoms with Crippen LogP contribution in [-0.2, 0) is 4.57 Å². The van der Waals surface area contributed by atoms with E-state index in [1.54, 1.807) is 6.08 Å². The summed E-state index contributed by atoms with van der Waals surface area (Å²) in [6.07, 6.45) is 1.65. The molecule has 6 heteroatoms. The quantitative estimate of drug-likeness (QED) is 0.291. The van der Waals surface area contributed by atoms with Gasteiger partial charge in [-0.3, -0.25) is 0 Å². The molecule has 0 unspecified atom stereocenters. The number of hydrogen-bond donors (Lipinski definition) is 4. The predicted molar refractivity (Wildman–Crippen MR) is 35.5 cm³/mol. The Kier molecular flexibility index (Phi) is 7.65. The Labute approximate surface area is 53.6 Å². The van der Waals surface area contributed by atoms with Gasteiger partial charge < -0.3 is 15.5 Å². The maximum absolute atomic E-state index is 9.10. The van der Waals surface area contributed by atoms with Crippen LogP contribution in [0.3, 0.4) is 0 Å². The first-order valence-corrected chi connectivity index (χ1v) is 3.75. The van der Waals surface area contributed by atoms with E-state index in [2.05, 4.69) is 12.1 Å². The Hall–Kier alpha value is -0.190. The smallest absolute Gasteiger partial charge is 0.327 e. The van der Waals surface area contributed by atoms with Gasteiger partial charge in [-0.05, 0) is 0 Å². The van der Waals surface area contributed by atoms with Crippen LogP contribution in [0.4, 0.5) is 0 Å². The summed E-state index contributed by atoms with van der Waals surface area (Å²) in [4.78, 5) is 14.8. The topological polar surface area (TPSA) is 110 Å². The molecule has 0 aliphatic heterocycles. The summed E-state index contributed by atoms with van der Waals surface area (Å²) in [7, 11) is -4.14. The van der Waals surface area contributed by atoms with Crippen LogP contribution in [0, 0.1) is 0 Å². The van der Waals surface area contributed by atoms with E-state index in [9.17, 15) is 0 Å². The van der Waals surface area contributed by atoms with Crippen LogP contribution in [0.5, 0.6) is 0 Å². The van der Waals surface area contributed by atoms with Gasteiger partial charge in [0.25, 0.3) is 0 Å². The first kappa shape index (κ1) is 11.6. The van der Waals surface area contributed by atoms with Crippen molar-refractivity contribution in [1.29, 1.82) is 0 Å². The van der Waals surface area contributed by atoms with Crippen LogP contribution < -0.4 is 11.2 Å². The van der Waals surface area contributed by atoms with Gasteiger partial charge in [-0.1, -0.05) is 6.08 Å². The highest BCUT2D eigenvalue weighted by atomic mass is 31.2. The molecule has 9 heavy (non-hydrogen) atoms. The molecule has 0 saturated carbocycles. The van der Waals surface area contributed by atoms with Crippen LogP contribution >= 0.6 is 7.75 Å². The number of nitrogens with two attached hydrogens (primary N) is 2. The SMILES string of the molecule is C=CCN.NP(=O)(O)O. The summed E-state index contributed by atoms with van der Waals surface area (Å²) in [6, 6.07) is 0. The molecule has 0 bridgehead atoms. The molecule has 0 aliphatic rings. The zero-order chi connectivity index (χ0) is 7.91. The van der Waals surface area contributed by atoms with E-state index in [-0.39, 0.29) is 0 Å². The first-order chi connectivity index (χ1) is 3.91. The standard InChI is InChI=1S/C3H7N.H4NO3P/c1-2-3-4;1-5(2,3)4/h2H,1,3-4H2;(H4,1,2,3,4). The molecule has 0 aromatic rings. The molecule has 0 aromatic carbocycles. The van der Waals surface area contributed by atoms with Crippen LogP contribution in [0.1, 0.15) is 0 Å². The Bertz CT molecular complexity index is 101. The van der Waals surface area contributed by atoms with E-state index in [1.165, 1.54) is 0 Å². The lowest BCUT2D eigenvalue weighted by atomic mass is 10.7. The van der Waals surface area contributed by atoms with Crippen molar-refractivity contribution in [2.75, 3.05) is 6.54 Å². The van der Waals surface area contributed by atoms with Crippen LogP contribution in [0.2, 0.25) is 0 Å². The first-order valence-electron chi connectivity index (χ1n) is 2.07. The maximum atomic E-state index is 9.10. The second-order valence-corrected chi connectivity index (χ2v) is 2.29. The van der Waals surface area contributed by atoms with E-state index in [1.807, 2.05) is 0 Å². The van der Waals surface area contributed by atoms with Gasteiger partial charge in [0.2, 0.25) is 0 Å². The molecule has 56 valence electrons. The Morgan fingerprint density at radius 1 is 1.67 bits per heavy atom. The molecule has 0 atom stereocenters. The zero-order valence-electron chi connectivity index (χ0n) is 4.90. The molecule has 5 nitrogen and oxygen atoms in total. The molecule has 0 amide bonds. The third-order valence-electron chi connectivity index (χ3n) is 0.167. The average molecular weight is 154 g/mol. The van der Waals surface area contributed by atoms with E-state index in [4.69, 9.17) is 20.1 Å². The normalized spacial score (nSPS) is 9.33. The summed E-state index contributed by atoms with van der Waals surface area (Å²) in [5.41, 5.74) is 8.93.